The Balaban J connectivity index is 1.85. The molecule has 2 aromatic carbocycles. The predicted molar refractivity (Wildman–Crippen MR) is 118 cm³/mol. The van der Waals surface area contributed by atoms with Crippen LogP contribution < -0.4 is 5.32 Å². The van der Waals surface area contributed by atoms with E-state index in [-0.39, 0.29) is 23.0 Å². The summed E-state index contributed by atoms with van der Waals surface area (Å²) in [5, 5.41) is 12.8. The number of nitrogens with one attached hydrogen (secondary N) is 1. The quantitative estimate of drug-likeness (QED) is 0.404. The summed E-state index contributed by atoms with van der Waals surface area (Å²) in [7, 11) is 0. The van der Waals surface area contributed by atoms with E-state index in [0.29, 0.717) is 21.2 Å². The van der Waals surface area contributed by atoms with Crippen LogP contribution in [0, 0.1) is 11.3 Å². The Morgan fingerprint density at radius 2 is 1.81 bits per heavy atom. The summed E-state index contributed by atoms with van der Waals surface area (Å²) in [4.78, 5) is 16.5. The Morgan fingerprint density at radius 1 is 1.12 bits per heavy atom. The van der Waals surface area contributed by atoms with E-state index < -0.39 is 23.2 Å². The minimum absolute atomic E-state index is 0.0203. The molecule has 0 aliphatic rings. The lowest BCUT2D eigenvalue weighted by molar-refractivity contribution is -0.138. The molecule has 0 radical (unpaired) electrons. The van der Waals surface area contributed by atoms with E-state index in [0.717, 1.165) is 17.8 Å². The average Bonchev–Trinajstić information content (AvgIpc) is 2.76. The largest absolute Gasteiger partial charge is 0.417 e. The number of benzene rings is 2. The molecular weight excluding hydrogens is 482 g/mol. The maximum Gasteiger partial charge on any atom is 0.417 e. The third-order valence-electron chi connectivity index (χ3n) is 4.32. The Hall–Kier alpha value is -2.73. The number of carbonyl (C=O) groups excluding carboxylic acids is 1. The molecule has 0 atom stereocenters. The lowest BCUT2D eigenvalue weighted by Gasteiger charge is -2.14. The maximum absolute atomic E-state index is 13.6. The number of hydrogen-bond donors (Lipinski definition) is 1. The molecule has 10 heteroatoms. The number of pyridine rings is 1. The molecule has 0 bridgehead atoms. The molecule has 0 fully saturated rings. The number of nitriles is 1. The molecule has 32 heavy (non-hydrogen) atoms. The molecule has 0 unspecified atom stereocenters. The minimum Gasteiger partial charge on any atom is -0.351 e. The van der Waals surface area contributed by atoms with Crippen LogP contribution in [-0.2, 0) is 17.5 Å². The predicted octanol–water partition coefficient (Wildman–Crippen LogP) is 6.35. The van der Waals surface area contributed by atoms with Gasteiger partial charge < -0.3 is 5.32 Å². The number of alkyl halides is 3. The summed E-state index contributed by atoms with van der Waals surface area (Å²) in [6.07, 6.45) is -4.77. The van der Waals surface area contributed by atoms with Crippen molar-refractivity contribution in [3.63, 3.8) is 0 Å². The van der Waals surface area contributed by atoms with Crippen molar-refractivity contribution in [2.75, 3.05) is 5.75 Å². The summed E-state index contributed by atoms with van der Waals surface area (Å²) in [6, 6.07) is 15.5. The van der Waals surface area contributed by atoms with Crippen LogP contribution in [0.1, 0.15) is 16.7 Å². The van der Waals surface area contributed by atoms with Gasteiger partial charge in [0.05, 0.1) is 22.6 Å². The van der Waals surface area contributed by atoms with Crippen LogP contribution in [0.2, 0.25) is 10.0 Å². The summed E-state index contributed by atoms with van der Waals surface area (Å²) in [5.41, 5.74) is -0.619. The molecule has 0 saturated heterocycles. The van der Waals surface area contributed by atoms with E-state index in [1.54, 1.807) is 30.3 Å². The van der Waals surface area contributed by atoms with Crippen LogP contribution in [0.25, 0.3) is 11.3 Å². The molecule has 0 saturated carbocycles. The fourth-order valence-corrected chi connectivity index (χ4v) is 3.91. The first-order valence-electron chi connectivity index (χ1n) is 9.10. The molecule has 3 aromatic rings. The van der Waals surface area contributed by atoms with Crippen molar-refractivity contribution in [1.29, 1.82) is 5.26 Å². The first-order chi connectivity index (χ1) is 15.2. The maximum atomic E-state index is 13.6. The van der Waals surface area contributed by atoms with E-state index >= 15 is 0 Å². The lowest BCUT2D eigenvalue weighted by Crippen LogP contribution is -2.24. The molecule has 0 aliphatic carbocycles. The van der Waals surface area contributed by atoms with E-state index in [2.05, 4.69) is 10.3 Å². The molecule has 1 amide bonds. The van der Waals surface area contributed by atoms with Gasteiger partial charge in [-0.2, -0.15) is 18.4 Å². The lowest BCUT2D eigenvalue weighted by atomic mass is 10.1. The number of nitrogens with zero attached hydrogens (tertiary/aromatic N) is 2. The van der Waals surface area contributed by atoms with Crippen molar-refractivity contribution < 1.29 is 18.0 Å². The van der Waals surface area contributed by atoms with Crippen LogP contribution in [0.4, 0.5) is 13.2 Å². The highest BCUT2D eigenvalue weighted by Crippen LogP contribution is 2.38. The Bertz CT molecular complexity index is 1180. The van der Waals surface area contributed by atoms with Crippen LogP contribution in [0.15, 0.2) is 59.6 Å². The fraction of sp³-hybridized carbons (Fsp3) is 0.136. The number of carbonyl (C=O) groups is 1. The molecule has 1 heterocycles. The fourth-order valence-electron chi connectivity index (χ4n) is 2.75. The van der Waals surface area contributed by atoms with Crippen molar-refractivity contribution in [2.45, 2.75) is 17.7 Å². The van der Waals surface area contributed by atoms with E-state index in [1.807, 2.05) is 0 Å². The van der Waals surface area contributed by atoms with Gasteiger partial charge in [-0.05, 0) is 29.8 Å². The summed E-state index contributed by atoms with van der Waals surface area (Å²) in [6.45, 7) is 0.163. The summed E-state index contributed by atoms with van der Waals surface area (Å²) >= 11 is 12.7. The number of halogens is 5. The Morgan fingerprint density at radius 3 is 2.44 bits per heavy atom. The SMILES string of the molecule is N#Cc1c(C(F)(F)F)cc(-c2ccc(Cl)cc2)nc1SCC(=O)NCc1ccccc1Cl. The monoisotopic (exact) mass is 495 g/mol. The summed E-state index contributed by atoms with van der Waals surface area (Å²) < 4.78 is 40.9. The van der Waals surface area contributed by atoms with Gasteiger partial charge in [0.2, 0.25) is 5.91 Å². The van der Waals surface area contributed by atoms with E-state index in [1.165, 1.54) is 24.3 Å². The highest BCUT2D eigenvalue weighted by Gasteiger charge is 2.36. The molecule has 1 N–H and O–H groups in total. The Kier molecular flexibility index (Phi) is 7.67. The number of amides is 1. The second kappa shape index (κ2) is 10.3. The summed E-state index contributed by atoms with van der Waals surface area (Å²) in [5.74, 6) is -0.667. The smallest absolute Gasteiger partial charge is 0.351 e. The topological polar surface area (TPSA) is 65.8 Å². The van der Waals surface area contributed by atoms with Crippen LogP contribution in [0.3, 0.4) is 0 Å². The molecule has 164 valence electrons. The van der Waals surface area contributed by atoms with E-state index in [4.69, 9.17) is 23.2 Å². The average molecular weight is 496 g/mol. The Labute approximate surface area is 196 Å². The molecule has 0 aliphatic heterocycles. The van der Waals surface area contributed by atoms with Gasteiger partial charge in [0, 0.05) is 22.2 Å². The molecule has 4 nitrogen and oxygen atoms in total. The van der Waals surface area contributed by atoms with E-state index in [9.17, 15) is 23.2 Å². The number of thioether (sulfide) groups is 1. The number of hydrogen-bond acceptors (Lipinski definition) is 4. The number of rotatable bonds is 6. The number of aromatic nitrogens is 1. The molecular formula is C22H14Cl2F3N3OS. The second-order valence-electron chi connectivity index (χ2n) is 6.51. The van der Waals surface area contributed by atoms with Gasteiger partial charge in [0.25, 0.3) is 0 Å². The van der Waals surface area contributed by atoms with Crippen molar-refractivity contribution >= 4 is 40.9 Å². The second-order valence-corrected chi connectivity index (χ2v) is 8.32. The highest BCUT2D eigenvalue weighted by molar-refractivity contribution is 8.00. The third-order valence-corrected chi connectivity index (χ3v) is 5.91. The minimum atomic E-state index is -4.77. The zero-order chi connectivity index (χ0) is 23.3. The van der Waals surface area contributed by atoms with Crippen LogP contribution in [-0.4, -0.2) is 16.6 Å². The van der Waals surface area contributed by atoms with Gasteiger partial charge in [-0.3, -0.25) is 4.79 Å². The highest BCUT2D eigenvalue weighted by atomic mass is 35.5. The van der Waals surface area contributed by atoms with Gasteiger partial charge in [-0.15, -0.1) is 0 Å². The van der Waals surface area contributed by atoms with Gasteiger partial charge in [-0.1, -0.05) is 65.3 Å². The van der Waals surface area contributed by atoms with Gasteiger partial charge >= 0.3 is 6.18 Å². The van der Waals surface area contributed by atoms with Crippen LogP contribution >= 0.6 is 35.0 Å². The van der Waals surface area contributed by atoms with Gasteiger partial charge in [-0.25, -0.2) is 4.98 Å². The third kappa shape index (κ3) is 5.94. The zero-order valence-corrected chi connectivity index (χ0v) is 18.5. The van der Waals surface area contributed by atoms with Gasteiger partial charge in [0.1, 0.15) is 11.1 Å². The zero-order valence-electron chi connectivity index (χ0n) is 16.2. The molecule has 3 rings (SSSR count). The van der Waals surface area contributed by atoms with Crippen molar-refractivity contribution in [2.24, 2.45) is 0 Å². The first kappa shape index (κ1) is 23.9. The van der Waals surface area contributed by atoms with Gasteiger partial charge in [0.15, 0.2) is 0 Å². The standard InChI is InChI=1S/C22H14Cl2F3N3OS/c23-15-7-5-13(6-8-15)19-9-17(22(25,26)27)16(10-28)21(30-19)32-12-20(31)29-11-14-3-1-2-4-18(14)24/h1-9H,11-12H2,(H,29,31). The van der Waals surface area contributed by atoms with Crippen molar-refractivity contribution in [1.82, 2.24) is 10.3 Å². The first-order valence-corrected chi connectivity index (χ1v) is 10.8. The molecule has 1 aromatic heterocycles. The van der Waals surface area contributed by atoms with Crippen molar-refractivity contribution in [3.05, 3.63) is 81.3 Å². The normalized spacial score (nSPS) is 11.1. The molecule has 0 spiro atoms. The van der Waals surface area contributed by atoms with Crippen molar-refractivity contribution in [3.8, 4) is 17.3 Å². The van der Waals surface area contributed by atoms with Crippen LogP contribution in [0.5, 0.6) is 0 Å².